The molecule has 1 aliphatic rings. The van der Waals surface area contributed by atoms with Crippen molar-refractivity contribution in [1.29, 1.82) is 0 Å². The summed E-state index contributed by atoms with van der Waals surface area (Å²) in [7, 11) is 2.18. The number of fused-ring (bicyclic) bond motifs is 1. The summed E-state index contributed by atoms with van der Waals surface area (Å²) in [6.07, 6.45) is 4.56. The molecule has 2 aromatic carbocycles. The van der Waals surface area contributed by atoms with Gasteiger partial charge < -0.3 is 19.7 Å². The topological polar surface area (TPSA) is 40.5 Å². The number of para-hydroxylation sites is 1. The summed E-state index contributed by atoms with van der Waals surface area (Å²) in [5.41, 5.74) is 5.13. The lowest BCUT2D eigenvalue weighted by molar-refractivity contribution is -0.121. The second kappa shape index (κ2) is 10.8. The number of benzene rings is 2. The van der Waals surface area contributed by atoms with Gasteiger partial charge in [-0.2, -0.15) is 0 Å². The summed E-state index contributed by atoms with van der Waals surface area (Å²) < 4.78 is 2.32. The zero-order valence-corrected chi connectivity index (χ0v) is 19.5. The van der Waals surface area contributed by atoms with E-state index < -0.39 is 0 Å². The lowest BCUT2D eigenvalue weighted by Crippen LogP contribution is -2.45. The molecular weight excluding hydrogens is 396 g/mol. The molecule has 32 heavy (non-hydrogen) atoms. The molecule has 1 fully saturated rings. The van der Waals surface area contributed by atoms with Crippen molar-refractivity contribution in [1.82, 2.24) is 19.7 Å². The van der Waals surface area contributed by atoms with E-state index in [9.17, 15) is 4.79 Å². The number of rotatable bonds is 9. The minimum Gasteiger partial charge on any atom is -0.356 e. The SMILES string of the molecule is Cc1ccccc1Cn1cc(CCC(=O)NCCCN2CCN(C)CC2)c2ccccc21. The summed E-state index contributed by atoms with van der Waals surface area (Å²) in [5, 5.41) is 4.37. The second-order valence-corrected chi connectivity index (χ2v) is 9.07. The maximum absolute atomic E-state index is 12.5. The van der Waals surface area contributed by atoms with Crippen LogP contribution in [-0.2, 0) is 17.8 Å². The van der Waals surface area contributed by atoms with Crippen LogP contribution in [0.1, 0.15) is 29.5 Å². The first-order valence-electron chi connectivity index (χ1n) is 11.9. The Labute approximate surface area is 192 Å². The van der Waals surface area contributed by atoms with Gasteiger partial charge >= 0.3 is 0 Å². The monoisotopic (exact) mass is 432 g/mol. The minimum atomic E-state index is 0.152. The number of hydrogen-bond donors (Lipinski definition) is 1. The van der Waals surface area contributed by atoms with Crippen molar-refractivity contribution in [2.24, 2.45) is 0 Å². The molecule has 0 aliphatic carbocycles. The van der Waals surface area contributed by atoms with Crippen molar-refractivity contribution in [2.45, 2.75) is 32.7 Å². The van der Waals surface area contributed by atoms with E-state index >= 15 is 0 Å². The standard InChI is InChI=1S/C27H36N4O/c1-22-8-3-4-9-23(22)20-31-21-24(25-10-5-6-11-26(25)31)12-13-27(32)28-14-7-15-30-18-16-29(2)17-19-30/h3-6,8-11,21H,7,12-20H2,1-2H3,(H,28,32). The highest BCUT2D eigenvalue weighted by atomic mass is 16.1. The fourth-order valence-corrected chi connectivity index (χ4v) is 4.56. The van der Waals surface area contributed by atoms with Crippen molar-refractivity contribution < 1.29 is 4.79 Å². The largest absolute Gasteiger partial charge is 0.356 e. The Kier molecular flexibility index (Phi) is 7.61. The highest BCUT2D eigenvalue weighted by molar-refractivity contribution is 5.85. The quantitative estimate of drug-likeness (QED) is 0.525. The lowest BCUT2D eigenvalue weighted by Gasteiger charge is -2.32. The predicted octanol–water partition coefficient (Wildman–Crippen LogP) is 3.68. The van der Waals surface area contributed by atoms with Gasteiger partial charge in [-0.05, 0) is 56.1 Å². The van der Waals surface area contributed by atoms with E-state index in [2.05, 4.69) is 88.4 Å². The molecule has 0 spiro atoms. The molecule has 2 heterocycles. The Morgan fingerprint density at radius 3 is 2.53 bits per heavy atom. The zero-order valence-electron chi connectivity index (χ0n) is 19.5. The Morgan fingerprint density at radius 1 is 0.969 bits per heavy atom. The van der Waals surface area contributed by atoms with Crippen LogP contribution in [0.2, 0.25) is 0 Å². The van der Waals surface area contributed by atoms with Gasteiger partial charge in [-0.25, -0.2) is 0 Å². The molecule has 3 aromatic rings. The number of nitrogens with zero attached hydrogens (tertiary/aromatic N) is 3. The van der Waals surface area contributed by atoms with Gasteiger partial charge in [-0.3, -0.25) is 4.79 Å². The van der Waals surface area contributed by atoms with Crippen molar-refractivity contribution >= 4 is 16.8 Å². The summed E-state index contributed by atoms with van der Waals surface area (Å²) >= 11 is 0. The molecule has 1 aliphatic heterocycles. The number of likely N-dealkylation sites (N-methyl/N-ethyl adjacent to an activating group) is 1. The smallest absolute Gasteiger partial charge is 0.220 e. The first kappa shape index (κ1) is 22.6. The molecule has 0 saturated carbocycles. The summed E-state index contributed by atoms with van der Waals surface area (Å²) in [6, 6.07) is 17.1. The van der Waals surface area contributed by atoms with E-state index in [1.165, 1.54) is 27.6 Å². The van der Waals surface area contributed by atoms with Crippen LogP contribution in [0.4, 0.5) is 0 Å². The van der Waals surface area contributed by atoms with Gasteiger partial charge in [0.2, 0.25) is 5.91 Å². The van der Waals surface area contributed by atoms with Gasteiger partial charge in [0.1, 0.15) is 0 Å². The Balaban J connectivity index is 1.29. The van der Waals surface area contributed by atoms with Gasteiger partial charge in [0.05, 0.1) is 0 Å². The lowest BCUT2D eigenvalue weighted by atomic mass is 10.1. The molecule has 4 rings (SSSR count). The zero-order chi connectivity index (χ0) is 22.3. The predicted molar refractivity (Wildman–Crippen MR) is 132 cm³/mol. The van der Waals surface area contributed by atoms with Crippen molar-refractivity contribution in [3.8, 4) is 0 Å². The molecule has 1 amide bonds. The molecule has 1 aromatic heterocycles. The number of carbonyl (C=O) groups is 1. The van der Waals surface area contributed by atoms with Crippen molar-refractivity contribution in [3.05, 3.63) is 71.4 Å². The Morgan fingerprint density at radius 2 is 1.72 bits per heavy atom. The summed E-state index contributed by atoms with van der Waals surface area (Å²) in [4.78, 5) is 17.3. The molecule has 0 radical (unpaired) electrons. The van der Waals surface area contributed by atoms with Crippen LogP contribution in [0.3, 0.4) is 0 Å². The third-order valence-corrected chi connectivity index (χ3v) is 6.66. The molecule has 1 N–H and O–H groups in total. The van der Waals surface area contributed by atoms with Gasteiger partial charge in [-0.1, -0.05) is 42.5 Å². The molecule has 5 heteroatoms. The summed E-state index contributed by atoms with van der Waals surface area (Å²) in [6.45, 7) is 9.41. The maximum atomic E-state index is 12.5. The second-order valence-electron chi connectivity index (χ2n) is 9.07. The average molecular weight is 433 g/mol. The van der Waals surface area contributed by atoms with Crippen LogP contribution in [0.25, 0.3) is 10.9 Å². The van der Waals surface area contributed by atoms with Crippen molar-refractivity contribution in [2.75, 3.05) is 46.3 Å². The van der Waals surface area contributed by atoms with Gasteiger partial charge in [0.15, 0.2) is 0 Å². The van der Waals surface area contributed by atoms with Crippen molar-refractivity contribution in [3.63, 3.8) is 0 Å². The number of nitrogens with one attached hydrogen (secondary N) is 1. The summed E-state index contributed by atoms with van der Waals surface area (Å²) in [5.74, 6) is 0.152. The minimum absolute atomic E-state index is 0.152. The fraction of sp³-hybridized carbons (Fsp3) is 0.444. The highest BCUT2D eigenvalue weighted by Crippen LogP contribution is 2.24. The number of carbonyl (C=O) groups excluding carboxylic acids is 1. The van der Waals surface area contributed by atoms with Crippen LogP contribution in [-0.4, -0.2) is 66.6 Å². The van der Waals surface area contributed by atoms with E-state index in [4.69, 9.17) is 0 Å². The number of hydrogen-bond acceptors (Lipinski definition) is 3. The van der Waals surface area contributed by atoms with Crippen LogP contribution in [0.5, 0.6) is 0 Å². The molecule has 5 nitrogen and oxygen atoms in total. The number of aromatic nitrogens is 1. The van der Waals surface area contributed by atoms with Gasteiger partial charge in [0, 0.05) is 62.8 Å². The van der Waals surface area contributed by atoms with Crippen LogP contribution >= 0.6 is 0 Å². The maximum Gasteiger partial charge on any atom is 0.220 e. The average Bonchev–Trinajstić information content (AvgIpc) is 3.15. The Bertz CT molecular complexity index is 1030. The Hall–Kier alpha value is -2.63. The van der Waals surface area contributed by atoms with Crippen LogP contribution < -0.4 is 5.32 Å². The first-order chi connectivity index (χ1) is 15.6. The third kappa shape index (κ3) is 5.78. The first-order valence-corrected chi connectivity index (χ1v) is 11.9. The van der Waals surface area contributed by atoms with E-state index in [1.807, 2.05) is 0 Å². The third-order valence-electron chi connectivity index (χ3n) is 6.66. The number of aryl methyl sites for hydroxylation is 2. The molecule has 0 atom stereocenters. The molecule has 0 unspecified atom stereocenters. The molecular formula is C27H36N4O. The van der Waals surface area contributed by atoms with E-state index in [0.29, 0.717) is 6.42 Å². The van der Waals surface area contributed by atoms with E-state index in [1.54, 1.807) is 0 Å². The highest BCUT2D eigenvalue weighted by Gasteiger charge is 2.14. The fourth-order valence-electron chi connectivity index (χ4n) is 4.56. The van der Waals surface area contributed by atoms with E-state index in [0.717, 1.165) is 58.7 Å². The van der Waals surface area contributed by atoms with Crippen LogP contribution in [0, 0.1) is 6.92 Å². The van der Waals surface area contributed by atoms with Crippen LogP contribution in [0.15, 0.2) is 54.7 Å². The number of piperazine rings is 1. The van der Waals surface area contributed by atoms with E-state index in [-0.39, 0.29) is 5.91 Å². The normalized spacial score (nSPS) is 15.3. The molecule has 0 bridgehead atoms. The van der Waals surface area contributed by atoms with Gasteiger partial charge in [-0.15, -0.1) is 0 Å². The molecule has 1 saturated heterocycles. The molecule has 170 valence electrons. The number of amides is 1. The van der Waals surface area contributed by atoms with Gasteiger partial charge in [0.25, 0.3) is 0 Å².